The van der Waals surface area contributed by atoms with Crippen LogP contribution in [0.3, 0.4) is 0 Å². The Hall–Kier alpha value is -2.08. The molecule has 1 heterocycles. The summed E-state index contributed by atoms with van der Waals surface area (Å²) in [5.41, 5.74) is 0.820. The van der Waals surface area contributed by atoms with E-state index in [2.05, 4.69) is 22.1 Å². The third-order valence-electron chi connectivity index (χ3n) is 3.04. The number of benzene rings is 1. The van der Waals surface area contributed by atoms with Crippen LogP contribution in [0.4, 0.5) is 5.69 Å². The maximum absolute atomic E-state index is 11.9. The van der Waals surface area contributed by atoms with Crippen LogP contribution in [-0.4, -0.2) is 26.4 Å². The maximum Gasteiger partial charge on any atom is 0.225 e. The second-order valence-corrected chi connectivity index (χ2v) is 5.73. The van der Waals surface area contributed by atoms with Gasteiger partial charge >= 0.3 is 0 Å². The molecule has 0 saturated carbocycles. The summed E-state index contributed by atoms with van der Waals surface area (Å²) in [6.45, 7) is 6.49. The van der Waals surface area contributed by atoms with Crippen molar-refractivity contribution in [2.45, 2.75) is 31.5 Å². The summed E-state index contributed by atoms with van der Waals surface area (Å²) in [4.78, 5) is 11.9. The fraction of sp³-hybridized carbons (Fsp3) is 0.312. The Kier molecular flexibility index (Phi) is 6.21. The Morgan fingerprint density at radius 2 is 2.14 bits per heavy atom. The zero-order valence-electron chi connectivity index (χ0n) is 12.7. The van der Waals surface area contributed by atoms with Crippen LogP contribution in [0.1, 0.15) is 19.2 Å². The highest BCUT2D eigenvalue weighted by molar-refractivity contribution is 7.99. The number of allylic oxidation sites excluding steroid dienone is 1. The summed E-state index contributed by atoms with van der Waals surface area (Å²) in [7, 11) is 0. The van der Waals surface area contributed by atoms with Gasteiger partial charge < -0.3 is 9.88 Å². The predicted octanol–water partition coefficient (Wildman–Crippen LogP) is 3.15. The molecule has 1 N–H and O–H groups in total. The molecule has 1 amide bonds. The lowest BCUT2D eigenvalue weighted by atomic mass is 10.3. The van der Waals surface area contributed by atoms with Crippen molar-refractivity contribution >= 4 is 23.4 Å². The van der Waals surface area contributed by atoms with E-state index < -0.39 is 0 Å². The molecule has 0 spiro atoms. The van der Waals surface area contributed by atoms with Gasteiger partial charge in [0, 0.05) is 30.8 Å². The van der Waals surface area contributed by atoms with E-state index in [1.807, 2.05) is 47.9 Å². The van der Waals surface area contributed by atoms with Crippen molar-refractivity contribution < 1.29 is 4.79 Å². The van der Waals surface area contributed by atoms with Crippen molar-refractivity contribution in [2.75, 3.05) is 11.1 Å². The van der Waals surface area contributed by atoms with Gasteiger partial charge in [-0.05, 0) is 12.1 Å². The average Bonchev–Trinajstić information content (AvgIpc) is 2.91. The lowest BCUT2D eigenvalue weighted by molar-refractivity contribution is -0.115. The minimum atomic E-state index is 0.00389. The summed E-state index contributed by atoms with van der Waals surface area (Å²) in [5, 5.41) is 12.1. The third-order valence-corrected chi connectivity index (χ3v) is 4.01. The Morgan fingerprint density at radius 1 is 1.36 bits per heavy atom. The van der Waals surface area contributed by atoms with E-state index >= 15 is 0 Å². The molecule has 116 valence electrons. The van der Waals surface area contributed by atoms with Gasteiger partial charge in [0.25, 0.3) is 0 Å². The number of hydrogen-bond donors (Lipinski definition) is 1. The van der Waals surface area contributed by atoms with Gasteiger partial charge in [-0.25, -0.2) is 0 Å². The zero-order valence-corrected chi connectivity index (χ0v) is 13.5. The van der Waals surface area contributed by atoms with Crippen molar-refractivity contribution in [1.82, 2.24) is 14.8 Å². The number of para-hydroxylation sites is 1. The van der Waals surface area contributed by atoms with Gasteiger partial charge in [-0.2, -0.15) is 0 Å². The molecule has 0 aliphatic carbocycles. The van der Waals surface area contributed by atoms with Crippen molar-refractivity contribution in [1.29, 1.82) is 0 Å². The van der Waals surface area contributed by atoms with E-state index in [0.717, 1.165) is 23.1 Å². The quantitative estimate of drug-likeness (QED) is 0.600. The number of amides is 1. The third kappa shape index (κ3) is 4.46. The summed E-state index contributed by atoms with van der Waals surface area (Å²) in [6, 6.07) is 9.46. The van der Waals surface area contributed by atoms with Crippen LogP contribution in [0.15, 0.2) is 48.1 Å². The number of carbonyl (C=O) groups excluding carboxylic acids is 1. The molecular formula is C16H20N4OS. The van der Waals surface area contributed by atoms with Gasteiger partial charge in [0.05, 0.1) is 0 Å². The predicted molar refractivity (Wildman–Crippen MR) is 90.0 cm³/mol. The number of carbonyl (C=O) groups is 1. The van der Waals surface area contributed by atoms with Crippen molar-refractivity contribution in [3.8, 4) is 0 Å². The Labute approximate surface area is 134 Å². The fourth-order valence-electron chi connectivity index (χ4n) is 1.98. The normalized spacial score (nSPS) is 10.4. The first-order valence-electron chi connectivity index (χ1n) is 7.25. The minimum Gasteiger partial charge on any atom is -0.326 e. The highest BCUT2D eigenvalue weighted by Gasteiger charge is 2.11. The van der Waals surface area contributed by atoms with Crippen LogP contribution in [0.2, 0.25) is 0 Å². The largest absolute Gasteiger partial charge is 0.326 e. The lowest BCUT2D eigenvalue weighted by Gasteiger charge is -2.07. The molecule has 2 rings (SSSR count). The highest BCUT2D eigenvalue weighted by atomic mass is 32.2. The molecule has 6 heteroatoms. The van der Waals surface area contributed by atoms with E-state index in [1.54, 1.807) is 11.8 Å². The van der Waals surface area contributed by atoms with E-state index in [0.29, 0.717) is 18.7 Å². The van der Waals surface area contributed by atoms with E-state index in [1.165, 1.54) is 0 Å². The molecule has 0 aliphatic rings. The summed E-state index contributed by atoms with van der Waals surface area (Å²) >= 11 is 1.54. The number of aryl methyl sites for hydroxylation is 1. The van der Waals surface area contributed by atoms with Gasteiger partial charge in [-0.3, -0.25) is 4.79 Å². The highest BCUT2D eigenvalue weighted by Crippen LogP contribution is 2.18. The molecule has 22 heavy (non-hydrogen) atoms. The standard InChI is InChI=1S/C16H20N4OS/c1-3-11-20-14(4-2)18-19-16(20)22-12-10-15(21)17-13-8-6-5-7-9-13/h3,5-9H,1,4,10-12H2,2H3,(H,17,21). The molecule has 0 atom stereocenters. The smallest absolute Gasteiger partial charge is 0.225 e. The molecule has 0 fully saturated rings. The van der Waals surface area contributed by atoms with Crippen molar-refractivity contribution in [2.24, 2.45) is 0 Å². The van der Waals surface area contributed by atoms with Crippen LogP contribution in [0.25, 0.3) is 0 Å². The topological polar surface area (TPSA) is 59.8 Å². The molecule has 0 radical (unpaired) electrons. The van der Waals surface area contributed by atoms with Gasteiger partial charge in [0.2, 0.25) is 5.91 Å². The van der Waals surface area contributed by atoms with Gasteiger partial charge in [0.15, 0.2) is 5.16 Å². The molecule has 1 aromatic carbocycles. The van der Waals surface area contributed by atoms with Gasteiger partial charge in [0.1, 0.15) is 5.82 Å². The Balaban J connectivity index is 1.84. The van der Waals surface area contributed by atoms with Crippen LogP contribution in [0, 0.1) is 0 Å². The number of aromatic nitrogens is 3. The molecule has 0 aliphatic heterocycles. The van der Waals surface area contributed by atoms with E-state index in [-0.39, 0.29) is 5.91 Å². The van der Waals surface area contributed by atoms with Crippen LogP contribution < -0.4 is 5.32 Å². The van der Waals surface area contributed by atoms with Gasteiger partial charge in [-0.15, -0.1) is 16.8 Å². The number of anilines is 1. The summed E-state index contributed by atoms with van der Waals surface area (Å²) in [5.74, 6) is 1.61. The molecular weight excluding hydrogens is 296 g/mol. The Bertz CT molecular complexity index is 624. The minimum absolute atomic E-state index is 0.00389. The fourth-order valence-corrected chi connectivity index (χ4v) is 2.88. The second-order valence-electron chi connectivity index (χ2n) is 4.66. The molecule has 5 nitrogen and oxygen atoms in total. The first kappa shape index (κ1) is 16.3. The maximum atomic E-state index is 11.9. The number of nitrogens with one attached hydrogen (secondary N) is 1. The SMILES string of the molecule is C=CCn1c(CC)nnc1SCCC(=O)Nc1ccccc1. The van der Waals surface area contributed by atoms with E-state index in [9.17, 15) is 4.79 Å². The molecule has 0 unspecified atom stereocenters. The summed E-state index contributed by atoms with van der Waals surface area (Å²) < 4.78 is 2.03. The first-order valence-corrected chi connectivity index (χ1v) is 8.23. The van der Waals surface area contributed by atoms with E-state index in [4.69, 9.17) is 0 Å². The summed E-state index contributed by atoms with van der Waals surface area (Å²) in [6.07, 6.45) is 3.09. The number of rotatable bonds is 8. The van der Waals surface area contributed by atoms with Crippen LogP contribution in [-0.2, 0) is 17.8 Å². The monoisotopic (exact) mass is 316 g/mol. The number of thioether (sulfide) groups is 1. The lowest BCUT2D eigenvalue weighted by Crippen LogP contribution is -2.12. The molecule has 2 aromatic rings. The second kappa shape index (κ2) is 8.38. The Morgan fingerprint density at radius 3 is 2.82 bits per heavy atom. The number of hydrogen-bond acceptors (Lipinski definition) is 4. The number of nitrogens with zero attached hydrogens (tertiary/aromatic N) is 3. The van der Waals surface area contributed by atoms with Gasteiger partial charge in [-0.1, -0.05) is 43.0 Å². The molecule has 0 bridgehead atoms. The molecule has 1 aromatic heterocycles. The molecule has 0 saturated heterocycles. The van der Waals surface area contributed by atoms with Crippen molar-refractivity contribution in [3.05, 3.63) is 48.8 Å². The zero-order chi connectivity index (χ0) is 15.8. The van der Waals surface area contributed by atoms with Crippen molar-refractivity contribution in [3.63, 3.8) is 0 Å². The van der Waals surface area contributed by atoms with Crippen LogP contribution >= 0.6 is 11.8 Å². The first-order chi connectivity index (χ1) is 10.7. The average molecular weight is 316 g/mol. The van der Waals surface area contributed by atoms with Crippen LogP contribution in [0.5, 0.6) is 0 Å².